The molecule has 0 aliphatic carbocycles. The topological polar surface area (TPSA) is 17.1 Å². The maximum Gasteiger partial charge on any atom is 0.255 e. The fourth-order valence-corrected chi connectivity index (χ4v) is 2.36. The molecule has 0 unspecified atom stereocenters. The van der Waals surface area contributed by atoms with Crippen LogP contribution < -0.4 is 0 Å². The zero-order valence-corrected chi connectivity index (χ0v) is 11.2. The Balaban J connectivity index is 2.71. The van der Waals surface area contributed by atoms with Crippen molar-refractivity contribution in [2.24, 2.45) is 0 Å². The summed E-state index contributed by atoms with van der Waals surface area (Å²) in [5, 5.41) is -0.0831. The molecule has 2 rings (SSSR count). The van der Waals surface area contributed by atoms with Gasteiger partial charge in [-0.15, -0.1) is 0 Å². The number of carbonyl (C=O) groups is 1. The molecule has 0 bridgehead atoms. The van der Waals surface area contributed by atoms with E-state index >= 15 is 0 Å². The summed E-state index contributed by atoms with van der Waals surface area (Å²) in [6, 6.07) is 8.97. The lowest BCUT2D eigenvalue weighted by Crippen LogP contribution is -1.98. The van der Waals surface area contributed by atoms with Crippen LogP contribution in [0.5, 0.6) is 0 Å². The third-order valence-corrected chi connectivity index (χ3v) is 3.17. The van der Waals surface area contributed by atoms with Gasteiger partial charge in [-0.05, 0) is 35.4 Å². The number of hydrogen-bond donors (Lipinski definition) is 0. The van der Waals surface area contributed by atoms with Crippen molar-refractivity contribution in [1.82, 2.24) is 0 Å². The zero-order valence-electron chi connectivity index (χ0n) is 8.88. The summed E-state index contributed by atoms with van der Waals surface area (Å²) in [7, 11) is 0. The van der Waals surface area contributed by atoms with Crippen molar-refractivity contribution < 1.29 is 9.18 Å². The van der Waals surface area contributed by atoms with Gasteiger partial charge in [0.2, 0.25) is 0 Å². The first-order chi connectivity index (χ1) is 8.50. The van der Waals surface area contributed by atoms with Crippen molar-refractivity contribution in [2.75, 3.05) is 0 Å². The molecule has 0 atom stereocenters. The fraction of sp³-hybridized carbons (Fsp3) is 0. The van der Waals surface area contributed by atoms with Crippen molar-refractivity contribution >= 4 is 40.0 Å². The third kappa shape index (κ3) is 2.51. The largest absolute Gasteiger partial charge is 0.275 e. The molecule has 5 heteroatoms. The fourth-order valence-electron chi connectivity index (χ4n) is 1.66. The highest BCUT2D eigenvalue weighted by Crippen LogP contribution is 2.34. The monoisotopic (exact) mass is 302 g/mol. The average molecular weight is 304 g/mol. The summed E-state index contributed by atoms with van der Waals surface area (Å²) in [6.45, 7) is 0. The number of halogens is 4. The van der Waals surface area contributed by atoms with Gasteiger partial charge in [0.15, 0.2) is 0 Å². The van der Waals surface area contributed by atoms with Crippen LogP contribution in [-0.4, -0.2) is 5.24 Å². The van der Waals surface area contributed by atoms with E-state index < -0.39 is 11.1 Å². The number of hydrogen-bond acceptors (Lipinski definition) is 1. The normalized spacial score (nSPS) is 10.4. The SMILES string of the molecule is O=C(Cl)c1c(F)cccc1-c1ccc(Cl)cc1Cl. The Kier molecular flexibility index (Phi) is 3.91. The van der Waals surface area contributed by atoms with E-state index in [0.29, 0.717) is 21.2 Å². The second-order valence-electron chi connectivity index (χ2n) is 3.56. The predicted octanol–water partition coefficient (Wildman–Crippen LogP) is 5.18. The molecule has 0 aliphatic heterocycles. The summed E-state index contributed by atoms with van der Waals surface area (Å²) in [6.07, 6.45) is 0. The molecule has 2 aromatic rings. The van der Waals surface area contributed by atoms with Crippen LogP contribution in [0.4, 0.5) is 4.39 Å². The molecule has 0 fully saturated rings. The first-order valence-corrected chi connectivity index (χ1v) is 6.08. The molecule has 0 saturated carbocycles. The molecule has 0 spiro atoms. The molecule has 92 valence electrons. The van der Waals surface area contributed by atoms with Crippen LogP contribution in [0.15, 0.2) is 36.4 Å². The van der Waals surface area contributed by atoms with E-state index in [1.165, 1.54) is 18.2 Å². The molecule has 0 heterocycles. The van der Waals surface area contributed by atoms with Crippen molar-refractivity contribution in [1.29, 1.82) is 0 Å². The van der Waals surface area contributed by atoms with Gasteiger partial charge < -0.3 is 0 Å². The molecular formula is C13H6Cl3FO. The van der Waals surface area contributed by atoms with Gasteiger partial charge in [-0.1, -0.05) is 41.4 Å². The first kappa shape index (κ1) is 13.3. The van der Waals surface area contributed by atoms with Gasteiger partial charge in [0.1, 0.15) is 5.82 Å². The highest BCUT2D eigenvalue weighted by atomic mass is 35.5. The molecule has 0 aromatic heterocycles. The summed E-state index contributed by atoms with van der Waals surface area (Å²) in [4.78, 5) is 11.3. The molecule has 0 aliphatic rings. The average Bonchev–Trinajstić information content (AvgIpc) is 2.28. The van der Waals surface area contributed by atoms with Crippen molar-refractivity contribution in [3.8, 4) is 11.1 Å². The zero-order chi connectivity index (χ0) is 13.3. The van der Waals surface area contributed by atoms with Crippen LogP contribution in [0.1, 0.15) is 10.4 Å². The molecule has 0 amide bonds. The Morgan fingerprint density at radius 1 is 1.06 bits per heavy atom. The molecule has 1 nitrogen and oxygen atoms in total. The summed E-state index contributed by atoms with van der Waals surface area (Å²) >= 11 is 17.2. The van der Waals surface area contributed by atoms with Crippen LogP contribution in [0.2, 0.25) is 10.0 Å². The van der Waals surface area contributed by atoms with E-state index in [4.69, 9.17) is 34.8 Å². The van der Waals surface area contributed by atoms with E-state index in [1.54, 1.807) is 18.2 Å². The van der Waals surface area contributed by atoms with Crippen molar-refractivity contribution in [3.63, 3.8) is 0 Å². The van der Waals surface area contributed by atoms with E-state index in [1.807, 2.05) is 0 Å². The minimum Gasteiger partial charge on any atom is -0.275 e. The van der Waals surface area contributed by atoms with E-state index in [2.05, 4.69) is 0 Å². The highest BCUT2D eigenvalue weighted by Gasteiger charge is 2.17. The Hall–Kier alpha value is -1.09. The first-order valence-electron chi connectivity index (χ1n) is 4.94. The van der Waals surface area contributed by atoms with Gasteiger partial charge in [0.05, 0.1) is 5.56 Å². The Labute approximate surface area is 118 Å². The van der Waals surface area contributed by atoms with Gasteiger partial charge in [0, 0.05) is 15.6 Å². The van der Waals surface area contributed by atoms with Crippen LogP contribution in [0, 0.1) is 5.82 Å². The Morgan fingerprint density at radius 2 is 1.78 bits per heavy atom. The van der Waals surface area contributed by atoms with Gasteiger partial charge >= 0.3 is 0 Å². The minimum atomic E-state index is -0.867. The summed E-state index contributed by atoms with van der Waals surface area (Å²) < 4.78 is 13.6. The lowest BCUT2D eigenvalue weighted by Gasteiger charge is -2.09. The standard InChI is InChI=1S/C13H6Cl3FO/c14-7-4-5-8(10(15)6-7)9-2-1-3-11(17)12(9)13(16)18/h1-6H. The van der Waals surface area contributed by atoms with E-state index in [9.17, 15) is 9.18 Å². The second-order valence-corrected chi connectivity index (χ2v) is 4.75. The smallest absolute Gasteiger partial charge is 0.255 e. The number of benzene rings is 2. The molecule has 0 radical (unpaired) electrons. The van der Waals surface area contributed by atoms with Crippen LogP contribution in [-0.2, 0) is 0 Å². The molecule has 2 aromatic carbocycles. The highest BCUT2D eigenvalue weighted by molar-refractivity contribution is 6.68. The predicted molar refractivity (Wildman–Crippen MR) is 72.0 cm³/mol. The van der Waals surface area contributed by atoms with Crippen LogP contribution in [0.25, 0.3) is 11.1 Å². The lowest BCUT2D eigenvalue weighted by molar-refractivity contribution is 0.107. The van der Waals surface area contributed by atoms with E-state index in [-0.39, 0.29) is 5.56 Å². The van der Waals surface area contributed by atoms with E-state index in [0.717, 1.165) is 0 Å². The van der Waals surface area contributed by atoms with Crippen LogP contribution in [0.3, 0.4) is 0 Å². The minimum absolute atomic E-state index is 0.191. The lowest BCUT2D eigenvalue weighted by atomic mass is 10.00. The Bertz CT molecular complexity index is 626. The van der Waals surface area contributed by atoms with Crippen LogP contribution >= 0.6 is 34.8 Å². The van der Waals surface area contributed by atoms with Crippen molar-refractivity contribution in [2.45, 2.75) is 0 Å². The Morgan fingerprint density at radius 3 is 2.39 bits per heavy atom. The second kappa shape index (κ2) is 5.27. The molecule has 18 heavy (non-hydrogen) atoms. The summed E-state index contributed by atoms with van der Waals surface area (Å²) in [5.41, 5.74) is 0.657. The van der Waals surface area contributed by atoms with Gasteiger partial charge in [-0.2, -0.15) is 0 Å². The van der Waals surface area contributed by atoms with Crippen molar-refractivity contribution in [3.05, 3.63) is 57.8 Å². The van der Waals surface area contributed by atoms with Gasteiger partial charge in [0.25, 0.3) is 5.24 Å². The maximum absolute atomic E-state index is 13.6. The van der Waals surface area contributed by atoms with Gasteiger partial charge in [-0.25, -0.2) is 4.39 Å². The quantitative estimate of drug-likeness (QED) is 0.699. The molecule has 0 N–H and O–H groups in total. The maximum atomic E-state index is 13.6. The molecule has 0 saturated heterocycles. The number of carbonyl (C=O) groups excluding carboxylic acids is 1. The number of rotatable bonds is 2. The van der Waals surface area contributed by atoms with Gasteiger partial charge in [-0.3, -0.25) is 4.79 Å². The summed E-state index contributed by atoms with van der Waals surface area (Å²) in [5.74, 6) is -0.682. The molecular weight excluding hydrogens is 297 g/mol. The third-order valence-electron chi connectivity index (χ3n) is 2.43.